The Morgan fingerprint density at radius 2 is 1.02 bits per heavy atom. The van der Waals surface area contributed by atoms with Crippen LogP contribution in [0.1, 0.15) is 44.8 Å². The molecule has 2 N–H and O–H groups in total. The Balaban J connectivity index is 0.000000150. The van der Waals surface area contributed by atoms with Gasteiger partial charge in [-0.15, -0.1) is 0 Å². The van der Waals surface area contributed by atoms with Crippen LogP contribution in [0, 0.1) is 23.3 Å². The van der Waals surface area contributed by atoms with Crippen molar-refractivity contribution in [2.45, 2.75) is 23.7 Å². The lowest BCUT2D eigenvalue weighted by Crippen LogP contribution is -2.30. The van der Waals surface area contributed by atoms with Crippen LogP contribution in [-0.2, 0) is 23.7 Å². The molecule has 284 valence electrons. The lowest BCUT2D eigenvalue weighted by atomic mass is 9.68. The highest BCUT2D eigenvalue weighted by Gasteiger charge is 2.38. The summed E-state index contributed by atoms with van der Waals surface area (Å²) in [5.41, 5.74) is 9.31. The van der Waals surface area contributed by atoms with Gasteiger partial charge < -0.3 is 0 Å². The third kappa shape index (κ3) is 6.52. The van der Waals surface area contributed by atoms with E-state index in [9.17, 15) is 17.6 Å². The SMILES string of the molecule is Fc1ccc(C2(c3ccccc3)C=Cc3c(-c4ccccn4)n[nH]c3C2)cc1F.Fc1ccc(C2(c3ccccc3)C=Cc3c(-c4cccnc4)n[nH]c3C2)cc1F. The Morgan fingerprint density at radius 1 is 0.483 bits per heavy atom. The lowest BCUT2D eigenvalue weighted by molar-refractivity contribution is 0.502. The molecule has 10 heteroatoms. The minimum atomic E-state index is -0.851. The van der Waals surface area contributed by atoms with E-state index in [4.69, 9.17) is 0 Å². The van der Waals surface area contributed by atoms with Gasteiger partial charge in [0.15, 0.2) is 23.3 Å². The predicted octanol–water partition coefficient (Wildman–Crippen LogP) is 10.6. The molecule has 2 atom stereocenters. The molecule has 0 spiro atoms. The molecule has 0 aliphatic heterocycles. The smallest absolute Gasteiger partial charge is 0.159 e. The maximum absolute atomic E-state index is 14.1. The van der Waals surface area contributed by atoms with E-state index in [1.54, 1.807) is 30.7 Å². The van der Waals surface area contributed by atoms with Crippen LogP contribution in [0.15, 0.2) is 158 Å². The van der Waals surface area contributed by atoms with Crippen molar-refractivity contribution in [3.63, 3.8) is 0 Å². The summed E-state index contributed by atoms with van der Waals surface area (Å²) in [5.74, 6) is -3.40. The Kier molecular flexibility index (Phi) is 9.45. The summed E-state index contributed by atoms with van der Waals surface area (Å²) in [5, 5.41) is 15.3. The Labute approximate surface area is 331 Å². The third-order valence-electron chi connectivity index (χ3n) is 11.0. The number of fused-ring (bicyclic) bond motifs is 2. The van der Waals surface area contributed by atoms with E-state index in [2.05, 4.69) is 42.5 Å². The zero-order valence-electron chi connectivity index (χ0n) is 30.9. The third-order valence-corrected chi connectivity index (χ3v) is 11.0. The second-order valence-corrected chi connectivity index (χ2v) is 14.3. The summed E-state index contributed by atoms with van der Waals surface area (Å²) < 4.78 is 55.4. The van der Waals surface area contributed by atoms with E-state index >= 15 is 0 Å². The first-order valence-corrected chi connectivity index (χ1v) is 18.7. The quantitative estimate of drug-likeness (QED) is 0.165. The molecule has 0 fully saturated rings. The summed E-state index contributed by atoms with van der Waals surface area (Å²) in [6.07, 6.45) is 14.5. The highest BCUT2D eigenvalue weighted by atomic mass is 19.2. The molecule has 4 heterocycles. The van der Waals surface area contributed by atoms with Crippen molar-refractivity contribution >= 4 is 12.2 Å². The average Bonchev–Trinajstić information content (AvgIpc) is 3.91. The molecule has 2 aliphatic rings. The Bertz CT molecular complexity index is 2590. The molecule has 0 amide bonds. The summed E-state index contributed by atoms with van der Waals surface area (Å²) in [6, 6.07) is 37.5. The molecule has 0 bridgehead atoms. The average molecular weight is 771 g/mol. The molecule has 8 aromatic rings. The molecule has 0 saturated heterocycles. The van der Waals surface area contributed by atoms with Gasteiger partial charge in [-0.1, -0.05) is 103 Å². The van der Waals surface area contributed by atoms with Crippen molar-refractivity contribution in [1.82, 2.24) is 30.4 Å². The molecule has 6 nitrogen and oxygen atoms in total. The van der Waals surface area contributed by atoms with Crippen molar-refractivity contribution in [1.29, 1.82) is 0 Å². The maximum atomic E-state index is 14.1. The van der Waals surface area contributed by atoms with Crippen molar-refractivity contribution in [3.05, 3.63) is 226 Å². The second kappa shape index (κ2) is 15.0. The van der Waals surface area contributed by atoms with Gasteiger partial charge >= 0.3 is 0 Å². The summed E-state index contributed by atoms with van der Waals surface area (Å²) in [6.45, 7) is 0. The van der Waals surface area contributed by atoms with E-state index in [1.807, 2.05) is 103 Å². The van der Waals surface area contributed by atoms with Crippen molar-refractivity contribution in [2.75, 3.05) is 0 Å². The number of benzene rings is 4. The van der Waals surface area contributed by atoms with Crippen molar-refractivity contribution in [2.24, 2.45) is 0 Å². The maximum Gasteiger partial charge on any atom is 0.159 e. The van der Waals surface area contributed by atoms with E-state index in [0.717, 1.165) is 56.3 Å². The summed E-state index contributed by atoms with van der Waals surface area (Å²) in [4.78, 5) is 8.57. The van der Waals surface area contributed by atoms with Crippen LogP contribution in [0.3, 0.4) is 0 Å². The van der Waals surface area contributed by atoms with Crippen LogP contribution in [-0.4, -0.2) is 30.4 Å². The van der Waals surface area contributed by atoms with Gasteiger partial charge in [-0.2, -0.15) is 10.2 Å². The van der Waals surface area contributed by atoms with Gasteiger partial charge in [0, 0.05) is 70.3 Å². The number of H-pyrrole nitrogens is 2. The number of aromatic nitrogens is 6. The fraction of sp³-hybridized carbons (Fsp3) is 0.0833. The topological polar surface area (TPSA) is 83.1 Å². The number of allylic oxidation sites excluding steroid dienone is 2. The van der Waals surface area contributed by atoms with E-state index < -0.39 is 34.1 Å². The number of halogens is 4. The zero-order chi connectivity index (χ0) is 39.7. The number of aromatic amines is 2. The van der Waals surface area contributed by atoms with Crippen LogP contribution < -0.4 is 0 Å². The Morgan fingerprint density at radius 3 is 1.52 bits per heavy atom. The molecular weight excluding hydrogens is 737 g/mol. The first-order valence-electron chi connectivity index (χ1n) is 18.7. The predicted molar refractivity (Wildman–Crippen MR) is 216 cm³/mol. The van der Waals surface area contributed by atoms with E-state index in [0.29, 0.717) is 24.0 Å². The Hall–Kier alpha value is -7.20. The van der Waals surface area contributed by atoms with Crippen LogP contribution in [0.2, 0.25) is 0 Å². The van der Waals surface area contributed by atoms with Crippen LogP contribution in [0.5, 0.6) is 0 Å². The van der Waals surface area contributed by atoms with E-state index in [1.165, 1.54) is 24.3 Å². The summed E-state index contributed by atoms with van der Waals surface area (Å²) >= 11 is 0. The first-order chi connectivity index (χ1) is 28.3. The molecule has 10 rings (SSSR count). The molecule has 4 aromatic carbocycles. The monoisotopic (exact) mass is 770 g/mol. The van der Waals surface area contributed by atoms with Gasteiger partial charge in [-0.3, -0.25) is 20.2 Å². The molecule has 0 saturated carbocycles. The number of rotatable bonds is 6. The minimum absolute atomic E-state index is 0.549. The van der Waals surface area contributed by atoms with E-state index in [-0.39, 0.29) is 0 Å². The number of nitrogens with one attached hydrogen (secondary N) is 2. The van der Waals surface area contributed by atoms with Gasteiger partial charge in [0.05, 0.1) is 5.69 Å². The van der Waals surface area contributed by atoms with Gasteiger partial charge in [0.1, 0.15) is 11.4 Å². The molecule has 4 aromatic heterocycles. The summed E-state index contributed by atoms with van der Waals surface area (Å²) in [7, 11) is 0. The highest BCUT2D eigenvalue weighted by Crippen LogP contribution is 2.45. The molecule has 0 radical (unpaired) electrons. The van der Waals surface area contributed by atoms with Gasteiger partial charge in [-0.05, 0) is 70.8 Å². The fourth-order valence-electron chi connectivity index (χ4n) is 8.09. The molecule has 2 unspecified atom stereocenters. The molecular formula is C48H34F4N6. The number of hydrogen-bond donors (Lipinski definition) is 2. The van der Waals surface area contributed by atoms with Crippen molar-refractivity contribution < 1.29 is 17.6 Å². The van der Waals surface area contributed by atoms with Gasteiger partial charge in [-0.25, -0.2) is 17.6 Å². The minimum Gasteiger partial charge on any atom is -0.281 e. The van der Waals surface area contributed by atoms with Gasteiger partial charge in [0.2, 0.25) is 0 Å². The van der Waals surface area contributed by atoms with Crippen molar-refractivity contribution in [3.8, 4) is 22.6 Å². The normalized spacial score (nSPS) is 17.9. The highest BCUT2D eigenvalue weighted by molar-refractivity contribution is 5.77. The van der Waals surface area contributed by atoms with Crippen LogP contribution in [0.4, 0.5) is 17.6 Å². The second-order valence-electron chi connectivity index (χ2n) is 14.3. The molecule has 58 heavy (non-hydrogen) atoms. The lowest BCUT2D eigenvalue weighted by Gasteiger charge is -2.34. The first kappa shape index (κ1) is 36.4. The van der Waals surface area contributed by atoms with Crippen LogP contribution >= 0.6 is 0 Å². The number of nitrogens with zero attached hydrogens (tertiary/aromatic N) is 4. The number of hydrogen-bond acceptors (Lipinski definition) is 4. The number of pyridine rings is 2. The van der Waals surface area contributed by atoms with Crippen LogP contribution in [0.25, 0.3) is 34.8 Å². The fourth-order valence-corrected chi connectivity index (χ4v) is 8.09. The standard InChI is InChI=1S/2C24H17F2N3/c25-20-9-8-18(13-21(20)26)24(17-6-2-1-3-7-17)11-10-19-22(14-24)28-29-23(19)16-5-4-12-27-15-16;25-19-10-9-17(14-20(19)26)24(16-6-2-1-3-7-16)12-11-18-22(15-24)28-29-23(18)21-8-4-5-13-27-21/h1-13,15H,14H2,(H,28,29);1-14H,15H2,(H,28,29). The van der Waals surface area contributed by atoms with Gasteiger partial charge in [0.25, 0.3) is 0 Å². The largest absolute Gasteiger partial charge is 0.281 e. The molecule has 2 aliphatic carbocycles. The zero-order valence-corrected chi connectivity index (χ0v) is 30.9.